The van der Waals surface area contributed by atoms with Crippen molar-refractivity contribution in [1.29, 1.82) is 0 Å². The van der Waals surface area contributed by atoms with Crippen LogP contribution in [0.3, 0.4) is 0 Å². The Balaban J connectivity index is 1.87. The second-order valence-corrected chi connectivity index (χ2v) is 6.18. The molecule has 3 aliphatic rings. The van der Waals surface area contributed by atoms with Crippen molar-refractivity contribution in [3.63, 3.8) is 0 Å². The molecule has 0 aromatic heterocycles. The van der Waals surface area contributed by atoms with Crippen LogP contribution >= 0.6 is 0 Å². The second-order valence-electron chi connectivity index (χ2n) is 6.18. The lowest BCUT2D eigenvalue weighted by molar-refractivity contribution is 0.0982. The third-order valence-electron chi connectivity index (χ3n) is 5.36. The van der Waals surface area contributed by atoms with E-state index in [4.69, 9.17) is 4.74 Å². The molecule has 16 heavy (non-hydrogen) atoms. The summed E-state index contributed by atoms with van der Waals surface area (Å²) >= 11 is 0. The normalized spacial score (nSPS) is 50.5. The van der Waals surface area contributed by atoms with Crippen LogP contribution in [0.1, 0.15) is 39.5 Å². The molecule has 2 aliphatic carbocycles. The maximum absolute atomic E-state index is 5.67. The average molecular weight is 218 g/mol. The van der Waals surface area contributed by atoms with Gasteiger partial charge in [-0.25, -0.2) is 0 Å². The van der Waals surface area contributed by atoms with E-state index in [0.29, 0.717) is 29.5 Å². The number of allylic oxidation sites excluding steroid dienone is 2. The minimum absolute atomic E-state index is 0.384. The molecule has 3 fully saturated rings. The van der Waals surface area contributed by atoms with Gasteiger partial charge in [-0.15, -0.1) is 0 Å². The van der Waals surface area contributed by atoms with Crippen LogP contribution in [0.4, 0.5) is 0 Å². The van der Waals surface area contributed by atoms with Crippen LogP contribution in [0.5, 0.6) is 0 Å². The Bertz CT molecular complexity index is 356. The highest BCUT2D eigenvalue weighted by Gasteiger charge is 2.62. The highest BCUT2D eigenvalue weighted by atomic mass is 16.6. The molecule has 0 radical (unpaired) electrons. The van der Waals surface area contributed by atoms with Gasteiger partial charge >= 0.3 is 0 Å². The van der Waals surface area contributed by atoms with Gasteiger partial charge in [-0.2, -0.15) is 0 Å². The Morgan fingerprint density at radius 1 is 1.44 bits per heavy atom. The topological polar surface area (TPSA) is 12.5 Å². The maximum Gasteiger partial charge on any atom is 0.0876 e. The van der Waals surface area contributed by atoms with Crippen molar-refractivity contribution in [2.24, 2.45) is 17.3 Å². The van der Waals surface area contributed by atoms with Gasteiger partial charge < -0.3 is 4.74 Å². The van der Waals surface area contributed by atoms with Crippen molar-refractivity contribution in [2.75, 3.05) is 0 Å². The highest BCUT2D eigenvalue weighted by Crippen LogP contribution is 2.63. The zero-order chi connectivity index (χ0) is 11.5. The number of epoxide rings is 1. The number of ether oxygens (including phenoxy) is 1. The summed E-state index contributed by atoms with van der Waals surface area (Å²) in [5.74, 6) is 1.39. The summed E-state index contributed by atoms with van der Waals surface area (Å²) in [7, 11) is 0. The van der Waals surface area contributed by atoms with Crippen LogP contribution in [0.15, 0.2) is 24.3 Å². The van der Waals surface area contributed by atoms with E-state index < -0.39 is 0 Å². The van der Waals surface area contributed by atoms with Gasteiger partial charge in [-0.05, 0) is 49.9 Å². The van der Waals surface area contributed by atoms with E-state index >= 15 is 0 Å². The second kappa shape index (κ2) is 3.22. The molecule has 88 valence electrons. The van der Waals surface area contributed by atoms with Crippen LogP contribution in [0.2, 0.25) is 0 Å². The van der Waals surface area contributed by atoms with Crippen molar-refractivity contribution < 1.29 is 4.74 Å². The summed E-state index contributed by atoms with van der Waals surface area (Å²) in [6.07, 6.45) is 6.05. The van der Waals surface area contributed by atoms with Gasteiger partial charge in [0.15, 0.2) is 0 Å². The largest absolute Gasteiger partial charge is 0.369 e. The highest BCUT2D eigenvalue weighted by molar-refractivity contribution is 5.26. The van der Waals surface area contributed by atoms with Gasteiger partial charge in [0.2, 0.25) is 0 Å². The molecule has 1 saturated heterocycles. The molecule has 0 unspecified atom stereocenters. The standard InChI is InChI=1S/C15H22O/c1-9(2)12-6-5-10(3)15(7-12)8-13-14(16-13)11(15)4/h11-14H,1,3,5-8H2,2,4H3/t11-,12+,13-,14+,15-/m0/s1. The Labute approximate surface area is 98.6 Å². The maximum atomic E-state index is 5.67. The fourth-order valence-electron chi connectivity index (χ4n) is 4.06. The lowest BCUT2D eigenvalue weighted by Crippen LogP contribution is -2.36. The fourth-order valence-corrected chi connectivity index (χ4v) is 4.06. The summed E-state index contributed by atoms with van der Waals surface area (Å²) in [6, 6.07) is 0. The number of hydrogen-bond donors (Lipinski definition) is 0. The molecule has 1 aliphatic heterocycles. The van der Waals surface area contributed by atoms with Crippen molar-refractivity contribution in [3.05, 3.63) is 24.3 Å². The zero-order valence-corrected chi connectivity index (χ0v) is 10.5. The van der Waals surface area contributed by atoms with Crippen molar-refractivity contribution in [3.8, 4) is 0 Å². The minimum atomic E-state index is 0.384. The summed E-state index contributed by atoms with van der Waals surface area (Å²) in [6.45, 7) is 13.1. The van der Waals surface area contributed by atoms with Crippen LogP contribution in [-0.4, -0.2) is 12.2 Å². The molecule has 0 aromatic carbocycles. The quantitative estimate of drug-likeness (QED) is 0.483. The molecule has 1 heterocycles. The number of rotatable bonds is 1. The molecular formula is C15H22O. The number of hydrogen-bond acceptors (Lipinski definition) is 1. The third-order valence-corrected chi connectivity index (χ3v) is 5.36. The van der Waals surface area contributed by atoms with E-state index in [1.54, 1.807) is 0 Å². The molecule has 5 atom stereocenters. The Morgan fingerprint density at radius 2 is 2.19 bits per heavy atom. The van der Waals surface area contributed by atoms with E-state index in [-0.39, 0.29) is 0 Å². The van der Waals surface area contributed by atoms with Crippen molar-refractivity contribution >= 4 is 0 Å². The Hall–Kier alpha value is -0.560. The first kappa shape index (κ1) is 10.6. The molecule has 0 bridgehead atoms. The van der Waals surface area contributed by atoms with Crippen LogP contribution in [0.25, 0.3) is 0 Å². The lowest BCUT2D eigenvalue weighted by Gasteiger charge is -2.44. The first-order valence-corrected chi connectivity index (χ1v) is 6.54. The van der Waals surface area contributed by atoms with Gasteiger partial charge in [0.05, 0.1) is 12.2 Å². The summed E-state index contributed by atoms with van der Waals surface area (Å²) in [5, 5.41) is 0. The van der Waals surface area contributed by atoms with E-state index in [1.807, 2.05) is 0 Å². The molecule has 0 N–H and O–H groups in total. The Morgan fingerprint density at radius 3 is 2.75 bits per heavy atom. The smallest absolute Gasteiger partial charge is 0.0876 e. The van der Waals surface area contributed by atoms with E-state index in [2.05, 4.69) is 27.0 Å². The monoisotopic (exact) mass is 218 g/mol. The summed E-state index contributed by atoms with van der Waals surface area (Å²) in [4.78, 5) is 0. The van der Waals surface area contributed by atoms with E-state index in [9.17, 15) is 0 Å². The summed E-state index contributed by atoms with van der Waals surface area (Å²) < 4.78 is 5.67. The number of fused-ring (bicyclic) bond motifs is 1. The fraction of sp³-hybridized carbons (Fsp3) is 0.733. The molecule has 1 nitrogen and oxygen atoms in total. The molecule has 0 aromatic rings. The van der Waals surface area contributed by atoms with Crippen LogP contribution < -0.4 is 0 Å². The molecule has 3 rings (SSSR count). The average Bonchev–Trinajstić information content (AvgIpc) is 2.93. The molecule has 2 saturated carbocycles. The zero-order valence-electron chi connectivity index (χ0n) is 10.5. The molecule has 1 heteroatoms. The van der Waals surface area contributed by atoms with Crippen molar-refractivity contribution in [1.82, 2.24) is 0 Å². The predicted octanol–water partition coefficient (Wildman–Crippen LogP) is 3.71. The first-order valence-electron chi connectivity index (χ1n) is 6.54. The minimum Gasteiger partial charge on any atom is -0.369 e. The lowest BCUT2D eigenvalue weighted by atomic mass is 9.61. The van der Waals surface area contributed by atoms with Gasteiger partial charge in [-0.1, -0.05) is 31.2 Å². The van der Waals surface area contributed by atoms with Crippen LogP contribution in [0, 0.1) is 17.3 Å². The SMILES string of the molecule is C=C(C)[C@@H]1CCC(=C)[C@]2(C1)C[C@@H]1O[C@@H]1[C@@H]2C. The summed E-state index contributed by atoms with van der Waals surface area (Å²) in [5.41, 5.74) is 3.24. The van der Waals surface area contributed by atoms with E-state index in [1.165, 1.54) is 36.8 Å². The molecule has 0 amide bonds. The predicted molar refractivity (Wildman–Crippen MR) is 66.2 cm³/mol. The van der Waals surface area contributed by atoms with Gasteiger partial charge in [0, 0.05) is 0 Å². The van der Waals surface area contributed by atoms with Crippen LogP contribution in [-0.2, 0) is 4.74 Å². The van der Waals surface area contributed by atoms with E-state index in [0.717, 1.165) is 0 Å². The molecule has 1 spiro atoms. The third kappa shape index (κ3) is 1.27. The van der Waals surface area contributed by atoms with Gasteiger partial charge in [-0.3, -0.25) is 0 Å². The Kier molecular flexibility index (Phi) is 2.13. The first-order chi connectivity index (χ1) is 7.54. The van der Waals surface area contributed by atoms with Crippen molar-refractivity contribution in [2.45, 2.75) is 51.7 Å². The van der Waals surface area contributed by atoms with Gasteiger partial charge in [0.25, 0.3) is 0 Å². The molecular weight excluding hydrogens is 196 g/mol. The van der Waals surface area contributed by atoms with Gasteiger partial charge in [0.1, 0.15) is 0 Å².